The van der Waals surface area contributed by atoms with Crippen molar-refractivity contribution in [2.45, 2.75) is 39.2 Å². The van der Waals surface area contributed by atoms with Crippen molar-refractivity contribution in [3.8, 4) is 0 Å². The topological polar surface area (TPSA) is 15.3 Å². The Hall–Kier alpha value is -0.730. The second kappa shape index (κ2) is 6.62. The van der Waals surface area contributed by atoms with E-state index in [1.807, 2.05) is 7.05 Å². The van der Waals surface area contributed by atoms with Crippen molar-refractivity contribution in [3.63, 3.8) is 0 Å². The largest absolute Gasteiger partial charge is 0.370 e. The van der Waals surface area contributed by atoms with Gasteiger partial charge in [-0.25, -0.2) is 0 Å². The second-order valence-electron chi connectivity index (χ2n) is 5.56. The van der Waals surface area contributed by atoms with Gasteiger partial charge in [-0.15, -0.1) is 0 Å². The molecule has 3 heteroatoms. The zero-order valence-electron chi connectivity index (χ0n) is 12.2. The zero-order valence-corrected chi connectivity index (χ0v) is 13.0. The summed E-state index contributed by atoms with van der Waals surface area (Å²) in [6, 6.07) is 6.80. The van der Waals surface area contributed by atoms with E-state index in [0.717, 1.165) is 24.0 Å². The first kappa shape index (κ1) is 14.7. The molecule has 1 aromatic carbocycles. The van der Waals surface area contributed by atoms with Crippen molar-refractivity contribution in [1.82, 2.24) is 5.32 Å². The molecule has 2 nitrogen and oxygen atoms in total. The van der Waals surface area contributed by atoms with Crippen LogP contribution in [0.2, 0.25) is 5.02 Å². The van der Waals surface area contributed by atoms with Crippen LogP contribution in [0, 0.1) is 5.92 Å². The molecule has 0 saturated heterocycles. The van der Waals surface area contributed by atoms with Crippen molar-refractivity contribution in [2.75, 3.05) is 25.0 Å². The molecule has 0 bridgehead atoms. The van der Waals surface area contributed by atoms with Crippen LogP contribution < -0.4 is 10.2 Å². The van der Waals surface area contributed by atoms with Crippen LogP contribution in [0.1, 0.15) is 44.7 Å². The number of anilines is 1. The lowest BCUT2D eigenvalue weighted by molar-refractivity contribution is 0.318. The molecule has 0 spiro atoms. The number of hydrogen-bond acceptors (Lipinski definition) is 2. The average Bonchev–Trinajstić information content (AvgIpc) is 2.37. The van der Waals surface area contributed by atoms with E-state index in [0.29, 0.717) is 6.04 Å². The summed E-state index contributed by atoms with van der Waals surface area (Å²) in [6.07, 6.45) is 4.15. The molecule has 0 amide bonds. The van der Waals surface area contributed by atoms with Gasteiger partial charge in [0.2, 0.25) is 0 Å². The van der Waals surface area contributed by atoms with Crippen LogP contribution in [0.5, 0.6) is 0 Å². The third-order valence-corrected chi connectivity index (χ3v) is 4.63. The highest BCUT2D eigenvalue weighted by molar-refractivity contribution is 6.33. The summed E-state index contributed by atoms with van der Waals surface area (Å²) in [4.78, 5) is 2.42. The van der Waals surface area contributed by atoms with Gasteiger partial charge in [-0.2, -0.15) is 0 Å². The normalized spacial score (nSPS) is 17.1. The Morgan fingerprint density at radius 1 is 1.42 bits per heavy atom. The Balaban J connectivity index is 2.13. The highest BCUT2D eigenvalue weighted by Gasteiger charge is 2.21. The van der Waals surface area contributed by atoms with Crippen LogP contribution in [0.25, 0.3) is 0 Å². The Morgan fingerprint density at radius 3 is 2.63 bits per heavy atom. The van der Waals surface area contributed by atoms with Gasteiger partial charge in [0.15, 0.2) is 0 Å². The smallest absolute Gasteiger partial charge is 0.0642 e. The summed E-state index contributed by atoms with van der Waals surface area (Å²) in [5, 5.41) is 4.13. The van der Waals surface area contributed by atoms with E-state index < -0.39 is 0 Å². The van der Waals surface area contributed by atoms with Gasteiger partial charge in [-0.05, 0) is 57.4 Å². The van der Waals surface area contributed by atoms with Gasteiger partial charge in [0.1, 0.15) is 0 Å². The number of nitrogens with zero attached hydrogens (tertiary/aromatic N) is 1. The molecule has 0 aliphatic heterocycles. The fourth-order valence-corrected chi connectivity index (χ4v) is 2.91. The monoisotopic (exact) mass is 280 g/mol. The molecule has 2 rings (SSSR count). The van der Waals surface area contributed by atoms with Gasteiger partial charge in [-0.1, -0.05) is 24.1 Å². The van der Waals surface area contributed by atoms with Gasteiger partial charge >= 0.3 is 0 Å². The van der Waals surface area contributed by atoms with Gasteiger partial charge in [-0.3, -0.25) is 0 Å². The maximum atomic E-state index is 6.48. The number of hydrogen-bond donors (Lipinski definition) is 1. The molecule has 1 saturated carbocycles. The minimum atomic E-state index is 0.341. The predicted octanol–water partition coefficient (Wildman–Crippen LogP) is 4.25. The van der Waals surface area contributed by atoms with Crippen molar-refractivity contribution in [3.05, 3.63) is 28.8 Å². The van der Waals surface area contributed by atoms with E-state index in [-0.39, 0.29) is 0 Å². The fraction of sp³-hybridized carbons (Fsp3) is 0.625. The summed E-state index contributed by atoms with van der Waals surface area (Å²) in [5.74, 6) is 0.868. The zero-order chi connectivity index (χ0) is 13.8. The molecule has 1 N–H and O–H groups in total. The molecular formula is C16H25ClN2. The molecular weight excluding hydrogens is 256 g/mol. The van der Waals surface area contributed by atoms with E-state index in [1.54, 1.807) is 0 Å². The number of nitrogens with one attached hydrogen (secondary N) is 1. The lowest BCUT2D eigenvalue weighted by Gasteiger charge is -2.33. The lowest BCUT2D eigenvalue weighted by atomic mass is 9.85. The van der Waals surface area contributed by atoms with Gasteiger partial charge in [0, 0.05) is 19.1 Å². The predicted molar refractivity (Wildman–Crippen MR) is 84.2 cm³/mol. The van der Waals surface area contributed by atoms with Crippen LogP contribution in [0.15, 0.2) is 18.2 Å². The third kappa shape index (κ3) is 3.43. The first-order chi connectivity index (χ1) is 9.15. The molecule has 19 heavy (non-hydrogen) atoms. The van der Waals surface area contributed by atoms with Crippen LogP contribution in [0.4, 0.5) is 5.69 Å². The molecule has 1 aromatic rings. The molecule has 1 aliphatic rings. The van der Waals surface area contributed by atoms with Gasteiger partial charge in [0.05, 0.1) is 10.7 Å². The van der Waals surface area contributed by atoms with Crippen molar-refractivity contribution < 1.29 is 0 Å². The Morgan fingerprint density at radius 2 is 2.16 bits per heavy atom. The first-order valence-electron chi connectivity index (χ1n) is 7.37. The number of halogens is 1. The van der Waals surface area contributed by atoms with E-state index in [9.17, 15) is 0 Å². The summed E-state index contributed by atoms with van der Waals surface area (Å²) in [6.45, 7) is 6.53. The summed E-state index contributed by atoms with van der Waals surface area (Å²) in [5.41, 5.74) is 2.43. The van der Waals surface area contributed by atoms with Crippen LogP contribution in [0.3, 0.4) is 0 Å². The third-order valence-electron chi connectivity index (χ3n) is 4.33. The van der Waals surface area contributed by atoms with Crippen molar-refractivity contribution in [2.24, 2.45) is 5.92 Å². The number of rotatable bonds is 6. The minimum absolute atomic E-state index is 0.341. The van der Waals surface area contributed by atoms with E-state index in [2.05, 4.69) is 42.3 Å². The molecule has 1 fully saturated rings. The molecule has 1 unspecified atom stereocenters. The maximum absolute atomic E-state index is 6.48. The number of benzene rings is 1. The van der Waals surface area contributed by atoms with Crippen molar-refractivity contribution >= 4 is 17.3 Å². The lowest BCUT2D eigenvalue weighted by Crippen LogP contribution is -2.32. The SMILES string of the molecule is CCN(CC1CCC1)c1ccc(C(C)NC)cc1Cl. The summed E-state index contributed by atoms with van der Waals surface area (Å²) >= 11 is 6.48. The summed E-state index contributed by atoms with van der Waals surface area (Å²) < 4.78 is 0. The fourth-order valence-electron chi connectivity index (χ4n) is 2.60. The maximum Gasteiger partial charge on any atom is 0.0642 e. The minimum Gasteiger partial charge on any atom is -0.370 e. The summed E-state index contributed by atoms with van der Waals surface area (Å²) in [7, 11) is 1.97. The molecule has 0 radical (unpaired) electrons. The van der Waals surface area contributed by atoms with Crippen molar-refractivity contribution in [1.29, 1.82) is 0 Å². The molecule has 0 aromatic heterocycles. The average molecular weight is 281 g/mol. The Bertz CT molecular complexity index is 415. The van der Waals surface area contributed by atoms with Crippen LogP contribution >= 0.6 is 11.6 Å². The van der Waals surface area contributed by atoms with E-state index in [1.165, 1.54) is 30.5 Å². The Labute approximate surface area is 122 Å². The highest BCUT2D eigenvalue weighted by atomic mass is 35.5. The standard InChI is InChI=1S/C16H25ClN2/c1-4-19(11-13-6-5-7-13)16-9-8-14(10-15(16)17)12(2)18-3/h8-10,12-13,18H,4-7,11H2,1-3H3. The van der Waals surface area contributed by atoms with Gasteiger partial charge in [0.25, 0.3) is 0 Å². The molecule has 0 heterocycles. The molecule has 1 aliphatic carbocycles. The Kier molecular flexibility index (Phi) is 5.12. The quantitative estimate of drug-likeness (QED) is 0.838. The second-order valence-corrected chi connectivity index (χ2v) is 5.96. The molecule has 106 valence electrons. The van der Waals surface area contributed by atoms with E-state index in [4.69, 9.17) is 11.6 Å². The highest BCUT2D eigenvalue weighted by Crippen LogP contribution is 2.33. The van der Waals surface area contributed by atoms with Gasteiger partial charge < -0.3 is 10.2 Å². The van der Waals surface area contributed by atoms with Crippen LogP contribution in [-0.2, 0) is 0 Å². The molecule has 1 atom stereocenters. The van der Waals surface area contributed by atoms with E-state index >= 15 is 0 Å². The first-order valence-corrected chi connectivity index (χ1v) is 7.75. The van der Waals surface area contributed by atoms with Crippen LogP contribution in [-0.4, -0.2) is 20.1 Å².